The number of hydrogen-bond acceptors (Lipinski definition) is 7. The third-order valence-corrected chi connectivity index (χ3v) is 5.16. The van der Waals surface area contributed by atoms with Gasteiger partial charge in [0, 0.05) is 11.6 Å². The minimum atomic E-state index is -0.406. The second-order valence-corrected chi connectivity index (χ2v) is 7.19. The van der Waals surface area contributed by atoms with Crippen molar-refractivity contribution in [1.29, 1.82) is 0 Å². The zero-order valence-electron chi connectivity index (χ0n) is 14.5. The molecule has 140 valence electrons. The van der Waals surface area contributed by atoms with Crippen LogP contribution in [-0.4, -0.2) is 39.1 Å². The fraction of sp³-hybridized carbons (Fsp3) is 0.333. The number of likely N-dealkylation sites (tertiary alicyclic amines) is 1. The average molecular weight is 387 g/mol. The lowest BCUT2D eigenvalue weighted by Crippen LogP contribution is -2.39. The minimum Gasteiger partial charge on any atom is -0.419 e. The molecule has 7 nitrogen and oxygen atoms in total. The first-order chi connectivity index (χ1) is 13.2. The van der Waals surface area contributed by atoms with E-state index in [1.54, 1.807) is 24.4 Å². The zero-order chi connectivity index (χ0) is 18.6. The third-order valence-electron chi connectivity index (χ3n) is 4.47. The number of amides is 1. The SMILES string of the molecule is O=C(CN1CCCCC1c1nnc(-c2ccccc2F)o1)Nc1nccs1. The number of rotatable bonds is 5. The van der Waals surface area contributed by atoms with Gasteiger partial charge >= 0.3 is 0 Å². The van der Waals surface area contributed by atoms with E-state index >= 15 is 0 Å². The maximum absolute atomic E-state index is 14.0. The van der Waals surface area contributed by atoms with Gasteiger partial charge in [0.25, 0.3) is 5.89 Å². The normalized spacial score (nSPS) is 17.7. The zero-order valence-corrected chi connectivity index (χ0v) is 15.3. The second kappa shape index (κ2) is 7.93. The number of thiazole rings is 1. The highest BCUT2D eigenvalue weighted by molar-refractivity contribution is 7.13. The fourth-order valence-electron chi connectivity index (χ4n) is 3.20. The van der Waals surface area contributed by atoms with Gasteiger partial charge in [0.15, 0.2) is 5.13 Å². The summed E-state index contributed by atoms with van der Waals surface area (Å²) in [5, 5.41) is 13.3. The van der Waals surface area contributed by atoms with Crippen LogP contribution in [0.4, 0.5) is 9.52 Å². The van der Waals surface area contributed by atoms with Gasteiger partial charge in [-0.15, -0.1) is 21.5 Å². The van der Waals surface area contributed by atoms with E-state index < -0.39 is 5.82 Å². The van der Waals surface area contributed by atoms with Gasteiger partial charge in [-0.3, -0.25) is 9.69 Å². The number of halogens is 1. The third kappa shape index (κ3) is 4.04. The molecule has 1 unspecified atom stereocenters. The molecule has 1 fully saturated rings. The molecule has 0 saturated carbocycles. The number of aromatic nitrogens is 3. The van der Waals surface area contributed by atoms with Crippen LogP contribution in [0, 0.1) is 5.82 Å². The Morgan fingerprint density at radius 2 is 2.22 bits per heavy atom. The molecule has 0 bridgehead atoms. The van der Waals surface area contributed by atoms with E-state index in [2.05, 4.69) is 20.5 Å². The van der Waals surface area contributed by atoms with Gasteiger partial charge in [-0.1, -0.05) is 18.6 Å². The van der Waals surface area contributed by atoms with Crippen molar-refractivity contribution in [3.63, 3.8) is 0 Å². The summed E-state index contributed by atoms with van der Waals surface area (Å²) < 4.78 is 19.7. The Kier molecular flexibility index (Phi) is 5.21. The van der Waals surface area contributed by atoms with Crippen LogP contribution in [0.3, 0.4) is 0 Å². The predicted molar refractivity (Wildman–Crippen MR) is 98.6 cm³/mol. The standard InChI is InChI=1S/C18H18FN5O2S/c19-13-6-2-1-5-12(13)16-22-23-17(26-16)14-7-3-4-9-24(14)11-15(25)21-18-20-8-10-27-18/h1-2,5-6,8,10,14H,3-4,7,9,11H2,(H,20,21,25). The minimum absolute atomic E-state index is 0.134. The van der Waals surface area contributed by atoms with Crippen molar-refractivity contribution in [3.8, 4) is 11.5 Å². The molecular formula is C18H18FN5O2S. The Labute approximate surface area is 159 Å². The van der Waals surface area contributed by atoms with Gasteiger partial charge in [-0.2, -0.15) is 0 Å². The van der Waals surface area contributed by atoms with Crippen molar-refractivity contribution < 1.29 is 13.6 Å². The lowest BCUT2D eigenvalue weighted by Gasteiger charge is -2.32. The van der Waals surface area contributed by atoms with E-state index in [4.69, 9.17) is 4.42 Å². The lowest BCUT2D eigenvalue weighted by molar-refractivity contribution is -0.118. The molecular weight excluding hydrogens is 369 g/mol. The highest BCUT2D eigenvalue weighted by Gasteiger charge is 2.30. The quantitative estimate of drug-likeness (QED) is 0.721. The van der Waals surface area contributed by atoms with Crippen LogP contribution in [0.15, 0.2) is 40.3 Å². The molecule has 1 aliphatic rings. The van der Waals surface area contributed by atoms with Crippen molar-refractivity contribution in [2.45, 2.75) is 25.3 Å². The Bertz CT molecular complexity index is 914. The molecule has 0 radical (unpaired) electrons. The number of benzene rings is 1. The van der Waals surface area contributed by atoms with Gasteiger partial charge in [0.1, 0.15) is 5.82 Å². The van der Waals surface area contributed by atoms with E-state index in [-0.39, 0.29) is 29.9 Å². The van der Waals surface area contributed by atoms with E-state index in [0.29, 0.717) is 11.0 Å². The largest absolute Gasteiger partial charge is 0.419 e. The van der Waals surface area contributed by atoms with Gasteiger partial charge in [-0.25, -0.2) is 9.37 Å². The fourth-order valence-corrected chi connectivity index (χ4v) is 3.75. The molecule has 3 heterocycles. The first-order valence-corrected chi connectivity index (χ1v) is 9.60. The molecule has 27 heavy (non-hydrogen) atoms. The average Bonchev–Trinajstić information content (AvgIpc) is 3.34. The van der Waals surface area contributed by atoms with Crippen molar-refractivity contribution in [3.05, 3.63) is 47.6 Å². The number of nitrogens with one attached hydrogen (secondary N) is 1. The van der Waals surface area contributed by atoms with Crippen LogP contribution in [0.5, 0.6) is 0 Å². The molecule has 4 rings (SSSR count). The van der Waals surface area contributed by atoms with Gasteiger partial charge < -0.3 is 9.73 Å². The molecule has 1 aliphatic heterocycles. The Morgan fingerprint density at radius 3 is 3.04 bits per heavy atom. The maximum Gasteiger partial charge on any atom is 0.250 e. The number of hydrogen-bond donors (Lipinski definition) is 1. The predicted octanol–water partition coefficient (Wildman–Crippen LogP) is 3.50. The van der Waals surface area contributed by atoms with Crippen LogP contribution in [0.2, 0.25) is 0 Å². The van der Waals surface area contributed by atoms with Gasteiger partial charge in [-0.05, 0) is 31.5 Å². The highest BCUT2D eigenvalue weighted by Crippen LogP contribution is 2.32. The molecule has 1 N–H and O–H groups in total. The van der Waals surface area contributed by atoms with Crippen molar-refractivity contribution >= 4 is 22.4 Å². The molecule has 0 aliphatic carbocycles. The van der Waals surface area contributed by atoms with Crippen LogP contribution < -0.4 is 5.32 Å². The number of carbonyl (C=O) groups is 1. The Morgan fingerprint density at radius 1 is 1.33 bits per heavy atom. The van der Waals surface area contributed by atoms with E-state index in [0.717, 1.165) is 25.8 Å². The molecule has 3 aromatic rings. The second-order valence-electron chi connectivity index (χ2n) is 6.29. The summed E-state index contributed by atoms with van der Waals surface area (Å²) in [5.41, 5.74) is 0.278. The maximum atomic E-state index is 14.0. The summed E-state index contributed by atoms with van der Waals surface area (Å²) in [6.45, 7) is 0.967. The number of anilines is 1. The monoisotopic (exact) mass is 387 g/mol. The first-order valence-electron chi connectivity index (χ1n) is 8.72. The molecule has 9 heteroatoms. The summed E-state index contributed by atoms with van der Waals surface area (Å²) in [4.78, 5) is 18.4. The molecule has 1 aromatic carbocycles. The molecule has 2 aromatic heterocycles. The molecule has 1 atom stereocenters. The molecule has 1 amide bonds. The summed E-state index contributed by atoms with van der Waals surface area (Å²) in [5.74, 6) is 0.0255. The van der Waals surface area contributed by atoms with Crippen LogP contribution in [-0.2, 0) is 4.79 Å². The van der Waals surface area contributed by atoms with Crippen LogP contribution in [0.1, 0.15) is 31.2 Å². The lowest BCUT2D eigenvalue weighted by atomic mass is 10.0. The first kappa shape index (κ1) is 17.7. The summed E-state index contributed by atoms with van der Waals surface area (Å²) in [6, 6.07) is 6.13. The van der Waals surface area contributed by atoms with Crippen LogP contribution >= 0.6 is 11.3 Å². The molecule has 1 saturated heterocycles. The van der Waals surface area contributed by atoms with Crippen LogP contribution in [0.25, 0.3) is 11.5 Å². The summed E-state index contributed by atoms with van der Waals surface area (Å²) in [7, 11) is 0. The van der Waals surface area contributed by atoms with Crippen molar-refractivity contribution in [2.75, 3.05) is 18.4 Å². The van der Waals surface area contributed by atoms with E-state index in [9.17, 15) is 9.18 Å². The molecule has 0 spiro atoms. The topological polar surface area (TPSA) is 84.2 Å². The summed E-state index contributed by atoms with van der Waals surface area (Å²) in [6.07, 6.45) is 4.46. The smallest absolute Gasteiger partial charge is 0.250 e. The van der Waals surface area contributed by atoms with Gasteiger partial charge in [0.2, 0.25) is 11.8 Å². The highest BCUT2D eigenvalue weighted by atomic mass is 32.1. The van der Waals surface area contributed by atoms with E-state index in [1.165, 1.54) is 17.4 Å². The van der Waals surface area contributed by atoms with Crippen molar-refractivity contribution in [2.24, 2.45) is 0 Å². The van der Waals surface area contributed by atoms with Crippen molar-refractivity contribution in [1.82, 2.24) is 20.1 Å². The summed E-state index contributed by atoms with van der Waals surface area (Å²) >= 11 is 1.37. The number of nitrogens with zero attached hydrogens (tertiary/aromatic N) is 4. The Hall–Kier alpha value is -2.65. The van der Waals surface area contributed by atoms with Gasteiger partial charge in [0.05, 0.1) is 18.2 Å². The Balaban J connectivity index is 1.49. The number of piperidine rings is 1. The number of carbonyl (C=O) groups excluding carboxylic acids is 1. The van der Waals surface area contributed by atoms with E-state index in [1.807, 2.05) is 10.3 Å².